The fraction of sp³-hybridized carbons (Fsp3) is 0.882. The summed E-state index contributed by atoms with van der Waals surface area (Å²) in [5.41, 5.74) is -0.763. The highest BCUT2D eigenvalue weighted by molar-refractivity contribution is 5.76. The first-order chi connectivity index (χ1) is 10.2. The molecular formula is C17H31NO4. The van der Waals surface area contributed by atoms with E-state index >= 15 is 0 Å². The molecule has 0 N–H and O–H groups in total. The van der Waals surface area contributed by atoms with Gasteiger partial charge in [0, 0.05) is 6.42 Å². The molecule has 1 aliphatic rings. The highest BCUT2D eigenvalue weighted by Crippen LogP contribution is 2.32. The van der Waals surface area contributed by atoms with Crippen LogP contribution in [-0.2, 0) is 19.1 Å². The van der Waals surface area contributed by atoms with Crippen LogP contribution >= 0.6 is 0 Å². The standard InChI is InChI=1S/C17H31NO4/c1-6-21-15(20)17(5)9-12-18(13-10-17)11-7-8-14(19)22-16(2,3)4/h6-13H2,1-5H3. The molecule has 0 bridgehead atoms. The molecule has 5 nitrogen and oxygen atoms in total. The summed E-state index contributed by atoms with van der Waals surface area (Å²) < 4.78 is 10.5. The van der Waals surface area contributed by atoms with Gasteiger partial charge in [0.25, 0.3) is 0 Å². The van der Waals surface area contributed by atoms with Crippen LogP contribution in [0.5, 0.6) is 0 Å². The van der Waals surface area contributed by atoms with Crippen LogP contribution in [0.15, 0.2) is 0 Å². The topological polar surface area (TPSA) is 55.8 Å². The van der Waals surface area contributed by atoms with Gasteiger partial charge in [0.1, 0.15) is 5.60 Å². The normalized spacial score (nSPS) is 18.8. The third-order valence-corrected chi connectivity index (χ3v) is 4.00. The average molecular weight is 313 g/mol. The second-order valence-corrected chi connectivity index (χ2v) is 7.31. The molecule has 0 atom stereocenters. The molecule has 0 aromatic rings. The Morgan fingerprint density at radius 2 is 1.77 bits per heavy atom. The van der Waals surface area contributed by atoms with Crippen molar-refractivity contribution in [3.8, 4) is 0 Å². The van der Waals surface area contributed by atoms with E-state index in [1.807, 2.05) is 34.6 Å². The molecule has 0 saturated carbocycles. The smallest absolute Gasteiger partial charge is 0.311 e. The van der Waals surface area contributed by atoms with Crippen molar-refractivity contribution in [2.24, 2.45) is 5.41 Å². The van der Waals surface area contributed by atoms with Gasteiger partial charge >= 0.3 is 11.9 Å². The molecule has 22 heavy (non-hydrogen) atoms. The van der Waals surface area contributed by atoms with E-state index in [9.17, 15) is 9.59 Å². The lowest BCUT2D eigenvalue weighted by atomic mass is 9.80. The molecular weight excluding hydrogens is 282 g/mol. The Morgan fingerprint density at radius 3 is 2.27 bits per heavy atom. The van der Waals surface area contributed by atoms with Gasteiger partial charge in [-0.2, -0.15) is 0 Å². The summed E-state index contributed by atoms with van der Waals surface area (Å²) in [5, 5.41) is 0. The van der Waals surface area contributed by atoms with Crippen molar-refractivity contribution in [3.05, 3.63) is 0 Å². The van der Waals surface area contributed by atoms with Crippen LogP contribution in [0.2, 0.25) is 0 Å². The molecule has 1 rings (SSSR count). The van der Waals surface area contributed by atoms with Crippen molar-refractivity contribution in [1.29, 1.82) is 0 Å². The zero-order valence-corrected chi connectivity index (χ0v) is 14.7. The van der Waals surface area contributed by atoms with Gasteiger partial charge in [-0.3, -0.25) is 9.59 Å². The van der Waals surface area contributed by atoms with E-state index in [4.69, 9.17) is 9.47 Å². The molecule has 0 aliphatic carbocycles. The van der Waals surface area contributed by atoms with E-state index in [2.05, 4.69) is 4.90 Å². The minimum atomic E-state index is -0.413. The Kier molecular flexibility index (Phi) is 6.85. The van der Waals surface area contributed by atoms with Crippen LogP contribution in [0.4, 0.5) is 0 Å². The highest BCUT2D eigenvalue weighted by atomic mass is 16.6. The molecule has 1 fully saturated rings. The number of likely N-dealkylation sites (tertiary alicyclic amines) is 1. The molecule has 1 heterocycles. The minimum Gasteiger partial charge on any atom is -0.466 e. The van der Waals surface area contributed by atoms with Crippen LogP contribution in [0.3, 0.4) is 0 Å². The Labute approximate surface area is 134 Å². The molecule has 5 heteroatoms. The van der Waals surface area contributed by atoms with Gasteiger partial charge in [-0.15, -0.1) is 0 Å². The van der Waals surface area contributed by atoms with E-state index in [1.54, 1.807) is 0 Å². The summed E-state index contributed by atoms with van der Waals surface area (Å²) in [6.45, 7) is 12.5. The maximum atomic E-state index is 12.0. The molecule has 1 saturated heterocycles. The Hall–Kier alpha value is -1.10. The van der Waals surface area contributed by atoms with Crippen molar-refractivity contribution >= 4 is 11.9 Å². The van der Waals surface area contributed by atoms with Gasteiger partial charge in [-0.05, 0) is 73.5 Å². The Bertz CT molecular complexity index is 379. The van der Waals surface area contributed by atoms with Crippen LogP contribution in [-0.4, -0.2) is 48.7 Å². The third-order valence-electron chi connectivity index (χ3n) is 4.00. The number of rotatable bonds is 6. The summed E-state index contributed by atoms with van der Waals surface area (Å²) in [5.74, 6) is -0.218. The van der Waals surface area contributed by atoms with Crippen molar-refractivity contribution < 1.29 is 19.1 Å². The maximum absolute atomic E-state index is 12.0. The average Bonchev–Trinajstić information content (AvgIpc) is 2.39. The Morgan fingerprint density at radius 1 is 1.18 bits per heavy atom. The van der Waals surface area contributed by atoms with Crippen LogP contribution < -0.4 is 0 Å². The zero-order chi connectivity index (χ0) is 16.8. The van der Waals surface area contributed by atoms with E-state index in [0.29, 0.717) is 13.0 Å². The quantitative estimate of drug-likeness (QED) is 0.706. The number of ether oxygens (including phenoxy) is 2. The summed E-state index contributed by atoms with van der Waals surface area (Å²) in [4.78, 5) is 25.9. The van der Waals surface area contributed by atoms with E-state index in [1.165, 1.54) is 0 Å². The molecule has 0 radical (unpaired) electrons. The number of piperidine rings is 1. The van der Waals surface area contributed by atoms with Crippen LogP contribution in [0.1, 0.15) is 60.3 Å². The van der Waals surface area contributed by atoms with E-state index < -0.39 is 5.60 Å². The number of carbonyl (C=O) groups is 2. The summed E-state index contributed by atoms with van der Waals surface area (Å²) >= 11 is 0. The lowest BCUT2D eigenvalue weighted by Gasteiger charge is -2.37. The zero-order valence-electron chi connectivity index (χ0n) is 14.7. The first kappa shape index (κ1) is 18.9. The summed E-state index contributed by atoms with van der Waals surface area (Å²) in [6, 6.07) is 0. The van der Waals surface area contributed by atoms with Gasteiger partial charge in [-0.1, -0.05) is 0 Å². The number of carbonyl (C=O) groups excluding carboxylic acids is 2. The maximum Gasteiger partial charge on any atom is 0.311 e. The van der Waals surface area contributed by atoms with Crippen LogP contribution in [0, 0.1) is 5.41 Å². The summed E-state index contributed by atoms with van der Waals surface area (Å²) in [7, 11) is 0. The molecule has 0 spiro atoms. The van der Waals surface area contributed by atoms with Gasteiger partial charge < -0.3 is 14.4 Å². The lowest BCUT2D eigenvalue weighted by Crippen LogP contribution is -2.43. The van der Waals surface area contributed by atoms with Gasteiger partial charge in [0.2, 0.25) is 0 Å². The van der Waals surface area contributed by atoms with E-state index in [-0.39, 0.29) is 17.4 Å². The minimum absolute atomic E-state index is 0.0802. The summed E-state index contributed by atoms with van der Waals surface area (Å²) in [6.07, 6.45) is 2.88. The third kappa shape index (κ3) is 6.34. The fourth-order valence-corrected chi connectivity index (χ4v) is 2.62. The highest BCUT2D eigenvalue weighted by Gasteiger charge is 2.37. The number of esters is 2. The predicted octanol–water partition coefficient (Wildman–Crippen LogP) is 2.77. The Balaban J connectivity index is 2.26. The van der Waals surface area contributed by atoms with Gasteiger partial charge in [0.15, 0.2) is 0 Å². The van der Waals surface area contributed by atoms with Gasteiger partial charge in [0.05, 0.1) is 12.0 Å². The second-order valence-electron chi connectivity index (χ2n) is 7.31. The van der Waals surface area contributed by atoms with E-state index in [0.717, 1.165) is 38.9 Å². The molecule has 0 aromatic carbocycles. The monoisotopic (exact) mass is 313 g/mol. The largest absolute Gasteiger partial charge is 0.466 e. The number of hydrogen-bond donors (Lipinski definition) is 0. The SMILES string of the molecule is CCOC(=O)C1(C)CCN(CCCC(=O)OC(C)(C)C)CC1. The number of nitrogens with zero attached hydrogens (tertiary/aromatic N) is 1. The molecule has 1 aliphatic heterocycles. The second kappa shape index (κ2) is 7.95. The fourth-order valence-electron chi connectivity index (χ4n) is 2.62. The predicted molar refractivity (Wildman–Crippen MR) is 85.5 cm³/mol. The van der Waals surface area contributed by atoms with Crippen LogP contribution in [0.25, 0.3) is 0 Å². The van der Waals surface area contributed by atoms with Crippen molar-refractivity contribution in [1.82, 2.24) is 4.90 Å². The molecule has 128 valence electrons. The van der Waals surface area contributed by atoms with Crippen molar-refractivity contribution in [2.45, 2.75) is 65.9 Å². The van der Waals surface area contributed by atoms with Crippen molar-refractivity contribution in [3.63, 3.8) is 0 Å². The van der Waals surface area contributed by atoms with Crippen molar-refractivity contribution in [2.75, 3.05) is 26.2 Å². The molecule has 0 unspecified atom stereocenters. The van der Waals surface area contributed by atoms with Gasteiger partial charge in [-0.25, -0.2) is 0 Å². The first-order valence-corrected chi connectivity index (χ1v) is 8.28. The molecule has 0 aromatic heterocycles. The lowest BCUT2D eigenvalue weighted by molar-refractivity contribution is -0.157. The first-order valence-electron chi connectivity index (χ1n) is 8.28. The molecule has 0 amide bonds. The number of hydrogen-bond acceptors (Lipinski definition) is 5.